The fourth-order valence-electron chi connectivity index (χ4n) is 1.80. The molecule has 0 bridgehead atoms. The van der Waals surface area contributed by atoms with Gasteiger partial charge < -0.3 is 24.6 Å². The zero-order chi connectivity index (χ0) is 14.3. The molecule has 19 heavy (non-hydrogen) atoms. The monoisotopic (exact) mass is 306 g/mol. The maximum atomic E-state index is 11.2. The van der Waals surface area contributed by atoms with Gasteiger partial charge in [-0.3, -0.25) is 14.1 Å². The molecule has 0 saturated carbocycles. The van der Waals surface area contributed by atoms with Gasteiger partial charge in [-0.1, -0.05) is 0 Å². The first-order valence-electron chi connectivity index (χ1n) is 5.21. The fraction of sp³-hybridized carbons (Fsp3) is 0.222. The molecule has 0 aliphatic carbocycles. The number of aromatic amines is 1. The average Bonchev–Trinajstić information content (AvgIpc) is 2.66. The molecule has 0 saturated heterocycles. The van der Waals surface area contributed by atoms with E-state index < -0.39 is 27.0 Å². The molecule has 2 rings (SSSR count). The maximum Gasteiger partial charge on any atom is 0.341 e. The molecule has 104 valence electrons. The van der Waals surface area contributed by atoms with E-state index >= 15 is 0 Å². The van der Waals surface area contributed by atoms with Gasteiger partial charge in [0.2, 0.25) is 0 Å². The van der Waals surface area contributed by atoms with E-state index in [2.05, 4.69) is 9.97 Å². The van der Waals surface area contributed by atoms with Gasteiger partial charge in [0.05, 0.1) is 11.0 Å². The highest BCUT2D eigenvalue weighted by Gasteiger charge is 2.43. The standard InChI is InChI=1S/C9H12N2O6P2/c12-18(13,14)8(19(15,16)17)4-6-5-11-7-2-1-3-10-9(6)7/h1-3,5,8,11H,4H2,(H2,12,13,14)(H2,15,16,17). The van der Waals surface area contributed by atoms with Gasteiger partial charge in [-0.25, -0.2) is 0 Å². The molecule has 2 aromatic heterocycles. The summed E-state index contributed by atoms with van der Waals surface area (Å²) in [7, 11) is -9.84. The summed E-state index contributed by atoms with van der Waals surface area (Å²) in [5.74, 6) is 0. The third-order valence-corrected chi connectivity index (χ3v) is 6.42. The molecule has 0 atom stereocenters. The number of pyridine rings is 1. The number of hydrogen-bond acceptors (Lipinski definition) is 3. The van der Waals surface area contributed by atoms with Crippen molar-refractivity contribution in [2.75, 3.05) is 0 Å². The third-order valence-electron chi connectivity index (χ3n) is 2.69. The first kappa shape index (κ1) is 14.4. The van der Waals surface area contributed by atoms with Crippen LogP contribution in [0.5, 0.6) is 0 Å². The van der Waals surface area contributed by atoms with Crippen molar-refractivity contribution in [1.82, 2.24) is 9.97 Å². The molecule has 2 aromatic rings. The molecule has 10 heteroatoms. The highest BCUT2D eigenvalue weighted by atomic mass is 31.2. The van der Waals surface area contributed by atoms with E-state index in [1.165, 1.54) is 12.4 Å². The number of H-pyrrole nitrogens is 1. The Bertz CT molecular complexity index is 665. The summed E-state index contributed by atoms with van der Waals surface area (Å²) in [5, 5.41) is -2.05. The van der Waals surface area contributed by atoms with Crippen molar-refractivity contribution in [2.24, 2.45) is 0 Å². The van der Waals surface area contributed by atoms with Crippen molar-refractivity contribution >= 4 is 26.2 Å². The molecule has 8 nitrogen and oxygen atoms in total. The zero-order valence-corrected chi connectivity index (χ0v) is 11.3. The number of nitrogens with one attached hydrogen (secondary N) is 1. The number of fused-ring (bicyclic) bond motifs is 1. The Morgan fingerprint density at radius 1 is 1.21 bits per heavy atom. The van der Waals surface area contributed by atoms with E-state index in [0.717, 1.165) is 0 Å². The van der Waals surface area contributed by atoms with Gasteiger partial charge in [-0.15, -0.1) is 0 Å². The van der Waals surface area contributed by atoms with Gasteiger partial charge in [-0.2, -0.15) is 0 Å². The number of aromatic nitrogens is 2. The molecule has 0 unspecified atom stereocenters. The lowest BCUT2D eigenvalue weighted by atomic mass is 10.2. The van der Waals surface area contributed by atoms with Crippen LogP contribution in [0.1, 0.15) is 5.56 Å². The summed E-state index contributed by atoms with van der Waals surface area (Å²) in [6.45, 7) is 0. The van der Waals surface area contributed by atoms with Crippen LogP contribution in [0.15, 0.2) is 24.5 Å². The van der Waals surface area contributed by atoms with Crippen LogP contribution in [0.25, 0.3) is 11.0 Å². The number of rotatable bonds is 4. The van der Waals surface area contributed by atoms with Gasteiger partial charge in [0.25, 0.3) is 0 Å². The van der Waals surface area contributed by atoms with Gasteiger partial charge in [-0.05, 0) is 17.7 Å². The van der Waals surface area contributed by atoms with Crippen LogP contribution in [0.2, 0.25) is 0 Å². The Balaban J connectivity index is 2.43. The van der Waals surface area contributed by atoms with E-state index in [1.54, 1.807) is 12.1 Å². The molecule has 0 fully saturated rings. The molecule has 0 aromatic carbocycles. The Hall–Kier alpha value is -1.01. The minimum Gasteiger partial charge on any atom is -0.360 e. The van der Waals surface area contributed by atoms with E-state index in [9.17, 15) is 9.13 Å². The largest absolute Gasteiger partial charge is 0.360 e. The summed E-state index contributed by atoms with van der Waals surface area (Å²) in [4.78, 5) is 43.1. The minimum absolute atomic E-state index is 0.354. The van der Waals surface area contributed by atoms with E-state index in [4.69, 9.17) is 19.6 Å². The summed E-state index contributed by atoms with van der Waals surface area (Å²) in [6.07, 6.45) is 2.48. The average molecular weight is 306 g/mol. The number of nitrogens with zero attached hydrogens (tertiary/aromatic N) is 1. The van der Waals surface area contributed by atoms with Crippen molar-refractivity contribution in [1.29, 1.82) is 0 Å². The predicted molar refractivity (Wildman–Crippen MR) is 67.7 cm³/mol. The molecule has 5 N–H and O–H groups in total. The SMILES string of the molecule is O=P(O)(O)C(Cc1c[nH]c2cccnc12)P(=O)(O)O. The first-order chi connectivity index (χ1) is 8.69. The van der Waals surface area contributed by atoms with Crippen molar-refractivity contribution in [3.05, 3.63) is 30.1 Å². The van der Waals surface area contributed by atoms with Crippen LogP contribution < -0.4 is 0 Å². The lowest BCUT2D eigenvalue weighted by Gasteiger charge is -2.18. The summed E-state index contributed by atoms with van der Waals surface area (Å²) >= 11 is 0. The Labute approximate surface area is 107 Å². The van der Waals surface area contributed by atoms with Crippen LogP contribution in [0.3, 0.4) is 0 Å². The van der Waals surface area contributed by atoms with Crippen LogP contribution in [0, 0.1) is 0 Å². The van der Waals surface area contributed by atoms with E-state index in [-0.39, 0.29) is 0 Å². The fourth-order valence-corrected chi connectivity index (χ4v) is 4.23. The Morgan fingerprint density at radius 3 is 2.42 bits per heavy atom. The van der Waals surface area contributed by atoms with E-state index in [0.29, 0.717) is 16.6 Å². The minimum atomic E-state index is -4.92. The summed E-state index contributed by atoms with van der Waals surface area (Å²) in [6, 6.07) is 3.38. The third kappa shape index (κ3) is 3.12. The second-order valence-electron chi connectivity index (χ2n) is 4.08. The second-order valence-corrected chi connectivity index (χ2v) is 8.09. The molecular formula is C9H12N2O6P2. The van der Waals surface area contributed by atoms with Crippen molar-refractivity contribution in [3.8, 4) is 0 Å². The van der Waals surface area contributed by atoms with Crippen LogP contribution in [-0.4, -0.2) is 34.9 Å². The highest BCUT2D eigenvalue weighted by molar-refractivity contribution is 7.70. The lowest BCUT2D eigenvalue weighted by Crippen LogP contribution is -2.12. The first-order valence-corrected chi connectivity index (χ1v) is 8.57. The van der Waals surface area contributed by atoms with E-state index in [1.807, 2.05) is 0 Å². The Kier molecular flexibility index (Phi) is 3.66. The van der Waals surface area contributed by atoms with Crippen molar-refractivity contribution < 1.29 is 28.7 Å². The predicted octanol–water partition coefficient (Wildman–Crippen LogP) is 0.787. The molecule has 0 radical (unpaired) electrons. The quantitative estimate of drug-likeness (QED) is 0.525. The topological polar surface area (TPSA) is 144 Å². The van der Waals surface area contributed by atoms with Crippen LogP contribution in [-0.2, 0) is 15.6 Å². The smallest absolute Gasteiger partial charge is 0.341 e. The normalized spacial score (nSPS) is 13.3. The molecule has 0 aliphatic heterocycles. The summed E-state index contributed by atoms with van der Waals surface area (Å²) < 4.78 is 22.4. The van der Waals surface area contributed by atoms with Gasteiger partial charge in [0.1, 0.15) is 0 Å². The molecule has 2 heterocycles. The van der Waals surface area contributed by atoms with Gasteiger partial charge >= 0.3 is 15.2 Å². The lowest BCUT2D eigenvalue weighted by molar-refractivity contribution is 0.338. The van der Waals surface area contributed by atoms with Crippen LogP contribution in [0.4, 0.5) is 0 Å². The molecule has 0 spiro atoms. The second kappa shape index (κ2) is 4.83. The zero-order valence-electron chi connectivity index (χ0n) is 9.54. The highest BCUT2D eigenvalue weighted by Crippen LogP contribution is 2.61. The Morgan fingerprint density at radius 2 is 1.84 bits per heavy atom. The van der Waals surface area contributed by atoms with Gasteiger partial charge in [0.15, 0.2) is 5.40 Å². The number of hydrogen-bond donors (Lipinski definition) is 5. The molecular weight excluding hydrogens is 294 g/mol. The van der Waals surface area contributed by atoms with Crippen LogP contribution >= 0.6 is 15.2 Å². The summed E-state index contributed by atoms with van der Waals surface area (Å²) in [5.41, 5.74) is 1.43. The van der Waals surface area contributed by atoms with Crippen molar-refractivity contribution in [3.63, 3.8) is 0 Å². The van der Waals surface area contributed by atoms with Gasteiger partial charge in [0, 0.05) is 18.8 Å². The maximum absolute atomic E-state index is 11.2. The molecule has 0 amide bonds. The molecule has 0 aliphatic rings. The van der Waals surface area contributed by atoms with Crippen molar-refractivity contribution in [2.45, 2.75) is 11.8 Å².